The van der Waals surface area contributed by atoms with E-state index in [1.807, 2.05) is 0 Å². The number of aliphatic carboxylic acids is 6. The fraction of sp³-hybridized carbons (Fsp3) is 0.500. The number of carboxylic acid groups (broad SMARTS) is 6. The van der Waals surface area contributed by atoms with Crippen LogP contribution >= 0.6 is 0 Å². The number of hydrogen-bond donors (Lipinski definition) is 6. The van der Waals surface area contributed by atoms with E-state index in [0.717, 1.165) is 0 Å². The molecule has 0 aliphatic heterocycles. The Morgan fingerprint density at radius 2 is 0.387 bits per heavy atom. The fourth-order valence-corrected chi connectivity index (χ4v) is 0. The topological polar surface area (TPSA) is 397 Å². The van der Waals surface area contributed by atoms with Gasteiger partial charge in [0.1, 0.15) is 0 Å². The van der Waals surface area contributed by atoms with Gasteiger partial charge in [0.2, 0.25) is 0 Å². The molecule has 0 amide bonds. The van der Waals surface area contributed by atoms with Crippen molar-refractivity contribution in [3.05, 3.63) is 0 Å². The van der Waals surface area contributed by atoms with E-state index < -0.39 is 35.8 Å². The molecule has 0 saturated carbocycles. The minimum Gasteiger partial charge on any atom is -0.549 e. The zero-order valence-corrected chi connectivity index (χ0v) is 18.0. The van der Waals surface area contributed by atoms with Crippen LogP contribution in [-0.2, 0) is 49.8 Å². The summed E-state index contributed by atoms with van der Waals surface area (Å²) < 4.78 is 0. The van der Waals surface area contributed by atoms with Crippen LogP contribution in [-0.4, -0.2) is 75.1 Å². The van der Waals surface area contributed by atoms with Crippen molar-refractivity contribution in [1.82, 2.24) is 0 Å². The minimum absolute atomic E-state index is 0. The number of hydrogen-bond acceptors (Lipinski definition) is 18. The van der Waals surface area contributed by atoms with Crippen LogP contribution in [0.1, 0.15) is 0 Å². The van der Waals surface area contributed by atoms with Crippen LogP contribution in [0.25, 0.3) is 0 Å². The van der Waals surface area contributed by atoms with E-state index in [9.17, 15) is 0 Å². The van der Waals surface area contributed by atoms with Crippen molar-refractivity contribution >= 4 is 35.8 Å². The Bertz CT molecular complexity index is 372. The summed E-state index contributed by atoms with van der Waals surface area (Å²) >= 11 is 0. The van der Waals surface area contributed by atoms with Crippen LogP contribution in [0.3, 0.4) is 0 Å². The summed E-state index contributed by atoms with van der Waals surface area (Å²) in [5, 5.41) is 54.8. The summed E-state index contributed by atoms with van der Waals surface area (Å²) in [6, 6.07) is 0. The van der Waals surface area contributed by atoms with Gasteiger partial charge in [0.05, 0.1) is 35.8 Å². The molecule has 0 rings (SSSR count). The number of rotatable bonds is 6. The average molecular weight is 540 g/mol. The SMILES string of the molecule is NCC(=O)[O-].NCC(=O)[O-].NCC(=O)[O-].NCC(=O)[O-].NCC(=O)[O-].NCC(=O)[O-].[Mo]. The van der Waals surface area contributed by atoms with Crippen LogP contribution in [0.5, 0.6) is 0 Å². The molecule has 0 aromatic rings. The molecule has 0 radical (unpaired) electrons. The molecule has 0 aliphatic carbocycles. The molecule has 18 nitrogen and oxygen atoms in total. The molecule has 186 valence electrons. The molecule has 0 bridgehead atoms. The van der Waals surface area contributed by atoms with Gasteiger partial charge in [-0.25, -0.2) is 0 Å². The maximum atomic E-state index is 9.13. The summed E-state index contributed by atoms with van der Waals surface area (Å²) in [7, 11) is 0. The Kier molecular flexibility index (Phi) is 62.4. The van der Waals surface area contributed by atoms with E-state index in [0.29, 0.717) is 0 Å². The second-order valence-corrected chi connectivity index (χ2v) is 3.46. The van der Waals surface area contributed by atoms with Crippen molar-refractivity contribution in [3.8, 4) is 0 Å². The Labute approximate surface area is 190 Å². The van der Waals surface area contributed by atoms with Crippen molar-refractivity contribution in [2.75, 3.05) is 39.3 Å². The molecule has 0 unspecified atom stereocenters. The Morgan fingerprint density at radius 1 is 0.355 bits per heavy atom. The molecule has 0 saturated heterocycles. The molecule has 31 heavy (non-hydrogen) atoms. The van der Waals surface area contributed by atoms with Gasteiger partial charge in [0.25, 0.3) is 0 Å². The van der Waals surface area contributed by atoms with Crippen LogP contribution in [0.2, 0.25) is 0 Å². The van der Waals surface area contributed by atoms with E-state index in [4.69, 9.17) is 59.4 Å². The van der Waals surface area contributed by atoms with Crippen molar-refractivity contribution in [2.45, 2.75) is 0 Å². The summed E-state index contributed by atoms with van der Waals surface area (Å²) in [6.45, 7) is -2.33. The molecule has 0 aliphatic rings. The Hall–Kier alpha value is -2.73. The van der Waals surface area contributed by atoms with E-state index >= 15 is 0 Å². The van der Waals surface area contributed by atoms with Crippen molar-refractivity contribution in [3.63, 3.8) is 0 Å². The van der Waals surface area contributed by atoms with Gasteiger partial charge in [-0.3, -0.25) is 0 Å². The van der Waals surface area contributed by atoms with Crippen LogP contribution in [0, 0.1) is 0 Å². The molecule has 0 atom stereocenters. The van der Waals surface area contributed by atoms with Gasteiger partial charge in [-0.05, 0) is 0 Å². The predicted molar refractivity (Wildman–Crippen MR) is 84.4 cm³/mol. The molecular weight excluding hydrogens is 516 g/mol. The monoisotopic (exact) mass is 542 g/mol. The normalized spacial score (nSPS) is 7.16. The van der Waals surface area contributed by atoms with Gasteiger partial charge in [0.15, 0.2) is 0 Å². The first-order valence-electron chi connectivity index (χ1n) is 7.02. The van der Waals surface area contributed by atoms with Gasteiger partial charge < -0.3 is 93.8 Å². The number of carbonyl (C=O) groups excluding carboxylic acids is 6. The predicted octanol–water partition coefficient (Wildman–Crippen LogP) is -13.8. The fourth-order valence-electron chi connectivity index (χ4n) is 0. The van der Waals surface area contributed by atoms with E-state index in [2.05, 4.69) is 34.4 Å². The first-order valence-corrected chi connectivity index (χ1v) is 7.02. The van der Waals surface area contributed by atoms with Crippen LogP contribution in [0.4, 0.5) is 0 Å². The van der Waals surface area contributed by atoms with Gasteiger partial charge in [0, 0.05) is 60.3 Å². The van der Waals surface area contributed by atoms with Gasteiger partial charge in [-0.15, -0.1) is 0 Å². The smallest absolute Gasteiger partial charge is 0.0550 e. The number of nitrogens with two attached hydrogens (primary N) is 6. The van der Waals surface area contributed by atoms with Gasteiger partial charge in [-0.1, -0.05) is 0 Å². The molecule has 12 N–H and O–H groups in total. The van der Waals surface area contributed by atoms with Crippen molar-refractivity contribution in [2.24, 2.45) is 34.4 Å². The first-order chi connectivity index (χ1) is 13.6. The molecule has 0 aromatic heterocycles. The summed E-state index contributed by atoms with van der Waals surface area (Å²) in [6.07, 6.45) is 0. The zero-order valence-electron chi connectivity index (χ0n) is 16.0. The van der Waals surface area contributed by atoms with Crippen molar-refractivity contribution < 1.29 is 80.5 Å². The number of carboxylic acids is 6. The van der Waals surface area contributed by atoms with E-state index in [1.165, 1.54) is 0 Å². The maximum Gasteiger partial charge on any atom is 0.0550 e. The number of carbonyl (C=O) groups is 6. The largest absolute Gasteiger partial charge is 0.549 e. The third kappa shape index (κ3) is 203. The molecule has 0 aromatic carbocycles. The van der Waals surface area contributed by atoms with E-state index in [1.54, 1.807) is 0 Å². The second kappa shape index (κ2) is 41.6. The standard InChI is InChI=1S/6C2H5NO2.Mo/c6*3-1-2(4)5;/h6*1,3H2,(H,4,5);/p-6. The zero-order chi connectivity index (χ0) is 25.7. The molecule has 0 fully saturated rings. The molecule has 0 spiro atoms. The third-order valence-electron chi connectivity index (χ3n) is 1.00. The van der Waals surface area contributed by atoms with Crippen LogP contribution < -0.4 is 65.0 Å². The second-order valence-electron chi connectivity index (χ2n) is 3.46. The molecule has 0 heterocycles. The summed E-state index contributed by atoms with van der Waals surface area (Å²) in [4.78, 5) is 54.8. The van der Waals surface area contributed by atoms with Gasteiger partial charge >= 0.3 is 0 Å². The van der Waals surface area contributed by atoms with Gasteiger partial charge in [-0.2, -0.15) is 0 Å². The quantitative estimate of drug-likeness (QED) is 0.170. The maximum absolute atomic E-state index is 9.13. The Morgan fingerprint density at radius 3 is 0.387 bits per heavy atom. The molecular formula is C12H24MoN6O12-6. The summed E-state index contributed by atoms with van der Waals surface area (Å²) in [5.41, 5.74) is 27.1. The Balaban J connectivity index is -0.0000000443. The summed E-state index contributed by atoms with van der Waals surface area (Å²) in [5.74, 6) is -7.31. The molecule has 19 heteroatoms. The third-order valence-corrected chi connectivity index (χ3v) is 1.00. The van der Waals surface area contributed by atoms with Crippen molar-refractivity contribution in [1.29, 1.82) is 0 Å². The minimum atomic E-state index is -1.22. The van der Waals surface area contributed by atoms with Crippen LogP contribution in [0.15, 0.2) is 0 Å². The average Bonchev–Trinajstić information content (AvgIpc) is 2.69. The first kappa shape index (κ1) is 46.5. The van der Waals surface area contributed by atoms with E-state index in [-0.39, 0.29) is 60.3 Å².